The lowest BCUT2D eigenvalue weighted by molar-refractivity contribution is -0.275. The van der Waals surface area contributed by atoms with Crippen molar-refractivity contribution < 1.29 is 42.5 Å². The second-order valence-electron chi connectivity index (χ2n) is 13.3. The molecule has 2 saturated carbocycles. The van der Waals surface area contributed by atoms with E-state index < -0.39 is 64.2 Å². The van der Waals surface area contributed by atoms with Crippen molar-refractivity contribution in [2.45, 2.75) is 98.1 Å². The van der Waals surface area contributed by atoms with Crippen molar-refractivity contribution in [3.05, 3.63) is 46.6 Å². The number of esters is 3. The lowest BCUT2D eigenvalue weighted by atomic mass is 9.42. The third kappa shape index (κ3) is 5.75. The molecule has 8 atom stereocenters. The summed E-state index contributed by atoms with van der Waals surface area (Å²) >= 11 is 0. The Morgan fingerprint density at radius 1 is 1.04 bits per heavy atom. The molecular formula is C34H43NO10. The van der Waals surface area contributed by atoms with Crippen LogP contribution in [-0.2, 0) is 33.3 Å². The smallest absolute Gasteiger partial charge is 0.345 e. The number of nitrogens with zero attached hydrogens (tertiary/aromatic N) is 1. The fourth-order valence-corrected chi connectivity index (χ4v) is 8.42. The van der Waals surface area contributed by atoms with Crippen molar-refractivity contribution in [2.75, 3.05) is 13.2 Å². The van der Waals surface area contributed by atoms with Gasteiger partial charge in [0.15, 0.2) is 0 Å². The van der Waals surface area contributed by atoms with Gasteiger partial charge in [0.05, 0.1) is 0 Å². The van der Waals surface area contributed by atoms with Gasteiger partial charge in [-0.1, -0.05) is 20.8 Å². The van der Waals surface area contributed by atoms with Gasteiger partial charge in [-0.15, -0.1) is 0 Å². The molecule has 0 radical (unpaired) electrons. The fourth-order valence-electron chi connectivity index (χ4n) is 8.42. The van der Waals surface area contributed by atoms with Crippen LogP contribution in [0.15, 0.2) is 39.8 Å². The molecule has 3 aliphatic rings. The van der Waals surface area contributed by atoms with Crippen LogP contribution in [0.3, 0.4) is 0 Å². The number of pyridine rings is 1. The predicted molar refractivity (Wildman–Crippen MR) is 161 cm³/mol. The van der Waals surface area contributed by atoms with Crippen LogP contribution in [0, 0.1) is 22.7 Å². The highest BCUT2D eigenvalue weighted by Gasteiger charge is 2.71. The van der Waals surface area contributed by atoms with E-state index in [0.29, 0.717) is 49.4 Å². The Balaban J connectivity index is 1.71. The maximum Gasteiger partial charge on any atom is 0.345 e. The number of carbonyl (C=O) groups is 3. The number of aromatic nitrogens is 1. The molecule has 45 heavy (non-hydrogen) atoms. The summed E-state index contributed by atoms with van der Waals surface area (Å²) in [5, 5.41) is 0. The van der Waals surface area contributed by atoms with Crippen LogP contribution in [-0.4, -0.2) is 53.9 Å². The lowest BCUT2D eigenvalue weighted by Crippen LogP contribution is -2.71. The summed E-state index contributed by atoms with van der Waals surface area (Å²) in [5.41, 5.74) is -2.29. The quantitative estimate of drug-likeness (QED) is 0.283. The van der Waals surface area contributed by atoms with Gasteiger partial charge in [-0.25, -0.2) is 4.79 Å². The lowest BCUT2D eigenvalue weighted by Gasteiger charge is -2.66. The highest BCUT2D eigenvalue weighted by molar-refractivity contribution is 5.67. The Morgan fingerprint density at radius 3 is 2.38 bits per heavy atom. The van der Waals surface area contributed by atoms with E-state index in [4.69, 9.17) is 28.1 Å². The Kier molecular flexibility index (Phi) is 8.87. The summed E-state index contributed by atoms with van der Waals surface area (Å²) in [6.45, 7) is 12.4. The molecule has 2 aromatic rings. The zero-order chi connectivity index (χ0) is 32.7. The third-order valence-corrected chi connectivity index (χ3v) is 10.2. The zero-order valence-electron chi connectivity index (χ0n) is 27.0. The Bertz CT molecular complexity index is 1510. The van der Waals surface area contributed by atoms with Gasteiger partial charge in [-0.05, 0) is 56.1 Å². The first-order chi connectivity index (χ1) is 21.2. The molecule has 2 aliphatic carbocycles. The summed E-state index contributed by atoms with van der Waals surface area (Å²) in [5.74, 6) is -1.58. The van der Waals surface area contributed by atoms with E-state index in [2.05, 4.69) is 11.9 Å². The number of rotatable bonds is 8. The molecule has 3 unspecified atom stereocenters. The van der Waals surface area contributed by atoms with E-state index in [9.17, 15) is 19.2 Å². The standard InChI is InChI=1S/C34H43NO10/c1-8-14-40-29-28-24(15-23(44-31(28)39)22-10-9-13-35-17-22)45-34(7)27(43-21(4)38)16-25-32(5,30(29)34)12-11-26(42-20(3)37)33(25,6)18-41-19(2)36/h9-10,13,15,17,25-27,29-30H,8,11-12,14,16,18H2,1-7H3/t25?,26-,27-,29-,30?,32-,33?,34+/m0/s1. The zero-order valence-corrected chi connectivity index (χ0v) is 27.0. The predicted octanol–water partition coefficient (Wildman–Crippen LogP) is 5.19. The van der Waals surface area contributed by atoms with E-state index in [-0.39, 0.29) is 18.1 Å². The van der Waals surface area contributed by atoms with Crippen LogP contribution in [0.2, 0.25) is 0 Å². The minimum absolute atomic E-state index is 0.00863. The van der Waals surface area contributed by atoms with Crippen LogP contribution in [0.4, 0.5) is 0 Å². The molecule has 11 heteroatoms. The number of fused-ring (bicyclic) bond motifs is 4. The molecule has 244 valence electrons. The van der Waals surface area contributed by atoms with E-state index in [1.54, 1.807) is 30.6 Å². The molecule has 0 bridgehead atoms. The van der Waals surface area contributed by atoms with E-state index in [1.807, 2.05) is 20.8 Å². The largest absolute Gasteiger partial charge is 0.482 e. The summed E-state index contributed by atoms with van der Waals surface area (Å²) in [6, 6.07) is 5.21. The minimum Gasteiger partial charge on any atom is -0.482 e. The van der Waals surface area contributed by atoms with Crippen LogP contribution >= 0.6 is 0 Å². The van der Waals surface area contributed by atoms with Crippen molar-refractivity contribution >= 4 is 17.9 Å². The highest BCUT2D eigenvalue weighted by Crippen LogP contribution is 2.68. The molecule has 0 spiro atoms. The molecule has 2 aromatic heterocycles. The Hall–Kier alpha value is -3.73. The SMILES string of the molecule is CCCO[C@H]1c2c(cc(-c3cccnc3)oc2=O)O[C@@]2(C)C1[C@@]1(C)CC[C@H](OC(C)=O)C(C)(COC(C)=O)C1C[C@@H]2OC(C)=O. The summed E-state index contributed by atoms with van der Waals surface area (Å²) < 4.78 is 36.8. The van der Waals surface area contributed by atoms with Crippen molar-refractivity contribution in [2.24, 2.45) is 22.7 Å². The Labute approximate surface area is 262 Å². The van der Waals surface area contributed by atoms with Crippen molar-refractivity contribution in [1.29, 1.82) is 0 Å². The normalized spacial score (nSPS) is 33.4. The molecule has 0 aromatic carbocycles. The first-order valence-electron chi connectivity index (χ1n) is 15.6. The fraction of sp³-hybridized carbons (Fsp3) is 0.618. The van der Waals surface area contributed by atoms with Crippen LogP contribution in [0.25, 0.3) is 11.3 Å². The second-order valence-corrected chi connectivity index (χ2v) is 13.3. The monoisotopic (exact) mass is 625 g/mol. The number of ether oxygens (including phenoxy) is 5. The van der Waals surface area contributed by atoms with Gasteiger partial charge in [0.2, 0.25) is 0 Å². The number of hydrogen-bond donors (Lipinski definition) is 0. The average Bonchev–Trinajstić information content (AvgIpc) is 2.97. The summed E-state index contributed by atoms with van der Waals surface area (Å²) in [6.07, 6.45) is 3.22. The van der Waals surface area contributed by atoms with Crippen molar-refractivity contribution in [3.63, 3.8) is 0 Å². The maximum absolute atomic E-state index is 13.9. The molecule has 3 heterocycles. The van der Waals surface area contributed by atoms with E-state index in [0.717, 1.165) is 0 Å². The molecule has 11 nitrogen and oxygen atoms in total. The van der Waals surface area contributed by atoms with Gasteiger partial charge in [0, 0.05) is 62.7 Å². The van der Waals surface area contributed by atoms with Crippen LogP contribution in [0.5, 0.6) is 5.75 Å². The van der Waals surface area contributed by atoms with Crippen molar-refractivity contribution in [1.82, 2.24) is 4.98 Å². The van der Waals surface area contributed by atoms with Gasteiger partial charge in [0.1, 0.15) is 47.6 Å². The van der Waals surface area contributed by atoms with Gasteiger partial charge in [-0.3, -0.25) is 19.4 Å². The molecule has 5 rings (SSSR count). The Morgan fingerprint density at radius 2 is 1.76 bits per heavy atom. The van der Waals surface area contributed by atoms with Crippen LogP contribution < -0.4 is 10.4 Å². The first kappa shape index (κ1) is 32.7. The van der Waals surface area contributed by atoms with Gasteiger partial charge < -0.3 is 28.1 Å². The first-order valence-corrected chi connectivity index (χ1v) is 15.6. The van der Waals surface area contributed by atoms with Gasteiger partial charge in [0.25, 0.3) is 0 Å². The molecule has 1 aliphatic heterocycles. The molecule has 0 amide bonds. The van der Waals surface area contributed by atoms with E-state index in [1.165, 1.54) is 20.8 Å². The highest BCUT2D eigenvalue weighted by atomic mass is 16.6. The molecule has 2 fully saturated rings. The average molecular weight is 626 g/mol. The molecule has 0 saturated heterocycles. The third-order valence-electron chi connectivity index (χ3n) is 10.2. The molecular weight excluding hydrogens is 582 g/mol. The van der Waals surface area contributed by atoms with E-state index >= 15 is 0 Å². The molecule has 0 N–H and O–H groups in total. The summed E-state index contributed by atoms with van der Waals surface area (Å²) in [7, 11) is 0. The van der Waals surface area contributed by atoms with Gasteiger partial charge in [-0.2, -0.15) is 0 Å². The number of carbonyl (C=O) groups excluding carboxylic acids is 3. The minimum atomic E-state index is -1.13. The van der Waals surface area contributed by atoms with Gasteiger partial charge >= 0.3 is 23.5 Å². The maximum atomic E-state index is 13.9. The number of hydrogen-bond acceptors (Lipinski definition) is 11. The second kappa shape index (κ2) is 12.2. The van der Waals surface area contributed by atoms with Crippen LogP contribution in [0.1, 0.15) is 85.8 Å². The van der Waals surface area contributed by atoms with Crippen molar-refractivity contribution in [3.8, 4) is 17.1 Å². The topological polar surface area (TPSA) is 140 Å². The summed E-state index contributed by atoms with van der Waals surface area (Å²) in [4.78, 5) is 55.0.